The highest BCUT2D eigenvalue weighted by Crippen LogP contribution is 2.31. The van der Waals surface area contributed by atoms with Gasteiger partial charge in [0, 0.05) is 6.07 Å². The van der Waals surface area contributed by atoms with Crippen molar-refractivity contribution < 1.29 is 14.5 Å². The van der Waals surface area contributed by atoms with Crippen LogP contribution in [0.3, 0.4) is 0 Å². The fourth-order valence-corrected chi connectivity index (χ4v) is 3.26. The van der Waals surface area contributed by atoms with Crippen LogP contribution in [0.2, 0.25) is 0 Å². The molecule has 0 saturated heterocycles. The summed E-state index contributed by atoms with van der Waals surface area (Å²) in [5.74, 6) is 0. The van der Waals surface area contributed by atoms with Crippen molar-refractivity contribution in [3.8, 4) is 0 Å². The number of amides is 1. The molecule has 0 bridgehead atoms. The van der Waals surface area contributed by atoms with E-state index in [1.165, 1.54) is 12.5 Å². The van der Waals surface area contributed by atoms with Crippen molar-refractivity contribution >= 4 is 17.5 Å². The molecule has 1 saturated carbocycles. The Hall–Kier alpha value is -2.31. The molecular formula is C19H29N3O4. The molecule has 0 heterocycles. The average Bonchev–Trinajstić information content (AvgIpc) is 2.51. The van der Waals surface area contributed by atoms with Gasteiger partial charge in [-0.1, -0.05) is 44.2 Å². The van der Waals surface area contributed by atoms with Crippen LogP contribution in [0.25, 0.3) is 0 Å². The Labute approximate surface area is 154 Å². The molecule has 0 aliphatic heterocycles. The van der Waals surface area contributed by atoms with E-state index in [1.54, 1.807) is 44.0 Å². The molecule has 26 heavy (non-hydrogen) atoms. The lowest BCUT2D eigenvalue weighted by Crippen LogP contribution is -2.50. The van der Waals surface area contributed by atoms with E-state index in [4.69, 9.17) is 4.74 Å². The zero-order chi connectivity index (χ0) is 19.2. The number of anilines is 1. The van der Waals surface area contributed by atoms with Crippen molar-refractivity contribution in [1.29, 1.82) is 0 Å². The van der Waals surface area contributed by atoms with Crippen LogP contribution in [0, 0.1) is 10.1 Å². The average molecular weight is 363 g/mol. The van der Waals surface area contributed by atoms with Gasteiger partial charge in [0.25, 0.3) is 5.69 Å². The van der Waals surface area contributed by atoms with Gasteiger partial charge < -0.3 is 4.74 Å². The van der Waals surface area contributed by atoms with Gasteiger partial charge in [0.05, 0.1) is 11.0 Å². The Balaban J connectivity index is 2.31. The van der Waals surface area contributed by atoms with Gasteiger partial charge in [0.1, 0.15) is 11.3 Å². The summed E-state index contributed by atoms with van der Waals surface area (Å²) in [5, 5.41) is 13.1. The fraction of sp³-hybridized carbons (Fsp3) is 0.632. The molecule has 2 rings (SSSR count). The molecule has 1 aromatic rings. The second kappa shape index (κ2) is 8.87. The predicted octanol–water partition coefficient (Wildman–Crippen LogP) is 4.95. The van der Waals surface area contributed by atoms with E-state index >= 15 is 0 Å². The van der Waals surface area contributed by atoms with Gasteiger partial charge in [-0.3, -0.25) is 15.1 Å². The number of carbonyl (C=O) groups excluding carboxylic acids is 1. The van der Waals surface area contributed by atoms with Gasteiger partial charge in [-0.2, -0.15) is 0 Å². The summed E-state index contributed by atoms with van der Waals surface area (Å²) in [4.78, 5) is 23.4. The molecule has 1 aromatic carbocycles. The first-order chi connectivity index (χ1) is 12.3. The molecule has 0 atom stereocenters. The molecule has 7 nitrogen and oxygen atoms in total. The highest BCUT2D eigenvalue weighted by atomic mass is 16.6. The normalized spacial score (nSPS) is 16.3. The van der Waals surface area contributed by atoms with Crippen LogP contribution in [0.5, 0.6) is 0 Å². The third-order valence-electron chi connectivity index (χ3n) is 4.39. The van der Waals surface area contributed by atoms with Crippen LogP contribution < -0.4 is 10.4 Å². The van der Waals surface area contributed by atoms with Gasteiger partial charge in [-0.15, -0.1) is 0 Å². The first-order valence-corrected chi connectivity index (χ1v) is 9.30. The number of benzene rings is 1. The maximum absolute atomic E-state index is 12.4. The molecule has 0 spiro atoms. The number of nitrogens with zero attached hydrogens (tertiary/aromatic N) is 2. The molecule has 0 radical (unpaired) electrons. The molecule has 144 valence electrons. The molecule has 1 amide bonds. The Bertz CT molecular complexity index is 619. The summed E-state index contributed by atoms with van der Waals surface area (Å²) in [6.07, 6.45) is 6.75. The van der Waals surface area contributed by atoms with E-state index in [2.05, 4.69) is 5.43 Å². The summed E-state index contributed by atoms with van der Waals surface area (Å²) in [6, 6.07) is 6.51. The minimum Gasteiger partial charge on any atom is -0.443 e. The lowest BCUT2D eigenvalue weighted by molar-refractivity contribution is -0.384. The monoisotopic (exact) mass is 363 g/mol. The van der Waals surface area contributed by atoms with Crippen LogP contribution in [-0.2, 0) is 4.74 Å². The zero-order valence-electron chi connectivity index (χ0n) is 15.9. The molecular weight excluding hydrogens is 334 g/mol. The SMILES string of the molecule is CC(C)(C)OC(=O)NN(c1ccccc1[N+](=O)[O-])C1CCCCCCC1. The number of hydrazine groups is 1. The zero-order valence-corrected chi connectivity index (χ0v) is 15.9. The van der Waals surface area contributed by atoms with Crippen molar-refractivity contribution in [2.45, 2.75) is 77.4 Å². The van der Waals surface area contributed by atoms with E-state index in [0.29, 0.717) is 5.69 Å². The van der Waals surface area contributed by atoms with Crippen LogP contribution in [0.4, 0.5) is 16.2 Å². The quantitative estimate of drug-likeness (QED) is 0.604. The van der Waals surface area contributed by atoms with Crippen molar-refractivity contribution in [3.63, 3.8) is 0 Å². The number of nitro groups is 1. The van der Waals surface area contributed by atoms with Crippen LogP contribution in [0.1, 0.15) is 65.7 Å². The number of para-hydroxylation sites is 2. The molecule has 1 aliphatic rings. The molecule has 0 aromatic heterocycles. The Morgan fingerprint density at radius 1 is 1.15 bits per heavy atom. The highest BCUT2D eigenvalue weighted by Gasteiger charge is 2.29. The molecule has 0 unspecified atom stereocenters. The summed E-state index contributed by atoms with van der Waals surface area (Å²) in [7, 11) is 0. The summed E-state index contributed by atoms with van der Waals surface area (Å²) < 4.78 is 5.38. The number of nitro benzene ring substituents is 1. The maximum Gasteiger partial charge on any atom is 0.426 e. The lowest BCUT2D eigenvalue weighted by Gasteiger charge is -2.35. The Morgan fingerprint density at radius 3 is 2.31 bits per heavy atom. The first-order valence-electron chi connectivity index (χ1n) is 9.30. The van der Waals surface area contributed by atoms with Crippen LogP contribution in [0.15, 0.2) is 24.3 Å². The summed E-state index contributed by atoms with van der Waals surface area (Å²) in [6.45, 7) is 5.37. The predicted molar refractivity (Wildman–Crippen MR) is 101 cm³/mol. The second-order valence-corrected chi connectivity index (χ2v) is 7.73. The van der Waals surface area contributed by atoms with E-state index in [9.17, 15) is 14.9 Å². The third-order valence-corrected chi connectivity index (χ3v) is 4.39. The van der Waals surface area contributed by atoms with Crippen LogP contribution in [-0.4, -0.2) is 22.7 Å². The van der Waals surface area contributed by atoms with Gasteiger partial charge >= 0.3 is 6.09 Å². The van der Waals surface area contributed by atoms with Gasteiger partial charge in [0.2, 0.25) is 0 Å². The Morgan fingerprint density at radius 2 is 1.73 bits per heavy atom. The van der Waals surface area contributed by atoms with Crippen molar-refractivity contribution in [2.75, 3.05) is 5.01 Å². The third kappa shape index (κ3) is 5.89. The summed E-state index contributed by atoms with van der Waals surface area (Å²) in [5.41, 5.74) is 2.51. The van der Waals surface area contributed by atoms with Gasteiger partial charge in [-0.05, 0) is 39.7 Å². The number of nitrogens with one attached hydrogen (secondary N) is 1. The summed E-state index contributed by atoms with van der Waals surface area (Å²) >= 11 is 0. The molecule has 1 fully saturated rings. The van der Waals surface area contributed by atoms with Crippen molar-refractivity contribution in [1.82, 2.24) is 5.43 Å². The van der Waals surface area contributed by atoms with Crippen LogP contribution >= 0.6 is 0 Å². The number of hydrogen-bond donors (Lipinski definition) is 1. The minimum absolute atomic E-state index is 0.00363. The highest BCUT2D eigenvalue weighted by molar-refractivity contribution is 5.73. The van der Waals surface area contributed by atoms with E-state index in [-0.39, 0.29) is 11.7 Å². The van der Waals surface area contributed by atoms with Gasteiger partial charge in [0.15, 0.2) is 0 Å². The largest absolute Gasteiger partial charge is 0.443 e. The maximum atomic E-state index is 12.4. The minimum atomic E-state index is -0.640. The first kappa shape index (κ1) is 20.0. The number of carbonyl (C=O) groups is 1. The van der Waals surface area contributed by atoms with E-state index < -0.39 is 16.6 Å². The topological polar surface area (TPSA) is 84.7 Å². The molecule has 1 aliphatic carbocycles. The van der Waals surface area contributed by atoms with E-state index in [1.807, 2.05) is 0 Å². The standard InChI is InChI=1S/C19H29N3O4/c1-19(2,3)26-18(23)20-21(15-11-7-5-4-6-8-12-15)16-13-9-10-14-17(16)22(24)25/h9-10,13-15H,4-8,11-12H2,1-3H3,(H,20,23). The number of hydrogen-bond acceptors (Lipinski definition) is 5. The van der Waals surface area contributed by atoms with Crippen molar-refractivity contribution in [3.05, 3.63) is 34.4 Å². The number of rotatable bonds is 4. The van der Waals surface area contributed by atoms with Crippen molar-refractivity contribution in [2.24, 2.45) is 0 Å². The van der Waals surface area contributed by atoms with E-state index in [0.717, 1.165) is 38.5 Å². The molecule has 7 heteroatoms. The Kier molecular flexibility index (Phi) is 6.83. The van der Waals surface area contributed by atoms with Gasteiger partial charge in [-0.25, -0.2) is 10.2 Å². The molecule has 1 N–H and O–H groups in total. The fourth-order valence-electron chi connectivity index (χ4n) is 3.26. The second-order valence-electron chi connectivity index (χ2n) is 7.73. The lowest BCUT2D eigenvalue weighted by atomic mass is 9.96. The number of ether oxygens (including phenoxy) is 1. The smallest absolute Gasteiger partial charge is 0.426 e.